The third-order valence-electron chi connectivity index (χ3n) is 5.54. The molecule has 2 heteroatoms. The van der Waals surface area contributed by atoms with E-state index in [4.69, 9.17) is 5.73 Å². The van der Waals surface area contributed by atoms with Crippen molar-refractivity contribution in [3.05, 3.63) is 0 Å². The van der Waals surface area contributed by atoms with Crippen LogP contribution in [0.4, 0.5) is 0 Å². The third-order valence-corrected chi connectivity index (χ3v) is 5.54. The summed E-state index contributed by atoms with van der Waals surface area (Å²) in [6.07, 6.45) is 3.16. The van der Waals surface area contributed by atoms with Gasteiger partial charge < -0.3 is 10.8 Å². The fourth-order valence-corrected chi connectivity index (χ4v) is 4.07. The molecule has 0 spiro atoms. The Morgan fingerprint density at radius 1 is 1.11 bits per heavy atom. The summed E-state index contributed by atoms with van der Waals surface area (Å²) in [5.41, 5.74) is 6.84. The Morgan fingerprint density at radius 3 is 2.05 bits per heavy atom. The average Bonchev–Trinajstić information content (AvgIpc) is 2.23. The van der Waals surface area contributed by atoms with E-state index in [9.17, 15) is 5.11 Å². The zero-order valence-electron chi connectivity index (χ0n) is 14.0. The molecule has 1 aliphatic rings. The summed E-state index contributed by atoms with van der Waals surface area (Å²) in [5.74, 6) is 1.05. The van der Waals surface area contributed by atoms with Crippen LogP contribution < -0.4 is 5.73 Å². The lowest BCUT2D eigenvalue weighted by Crippen LogP contribution is -2.56. The second-order valence-corrected chi connectivity index (χ2v) is 8.48. The summed E-state index contributed by atoms with van der Waals surface area (Å²) >= 11 is 0. The molecule has 1 aliphatic carbocycles. The van der Waals surface area contributed by atoms with Crippen molar-refractivity contribution in [3.8, 4) is 0 Å². The van der Waals surface area contributed by atoms with Gasteiger partial charge in [-0.25, -0.2) is 0 Å². The molecule has 0 amide bonds. The summed E-state index contributed by atoms with van der Waals surface area (Å²) in [6, 6.07) is 0.115. The van der Waals surface area contributed by atoms with Crippen molar-refractivity contribution < 1.29 is 5.11 Å². The van der Waals surface area contributed by atoms with E-state index in [1.807, 2.05) is 0 Å². The van der Waals surface area contributed by atoms with Gasteiger partial charge in [0, 0.05) is 6.04 Å². The molecule has 3 N–H and O–H groups in total. The van der Waals surface area contributed by atoms with Crippen LogP contribution in [0.3, 0.4) is 0 Å². The van der Waals surface area contributed by atoms with Crippen LogP contribution in [0.2, 0.25) is 0 Å². The lowest BCUT2D eigenvalue weighted by atomic mass is 9.56. The van der Waals surface area contributed by atoms with E-state index in [-0.39, 0.29) is 28.9 Å². The van der Waals surface area contributed by atoms with E-state index >= 15 is 0 Å². The Bertz CT molecular complexity index is 292. The molecule has 0 saturated heterocycles. The number of rotatable bonds is 3. The van der Waals surface area contributed by atoms with Gasteiger partial charge in [0.25, 0.3) is 0 Å². The first-order chi connectivity index (χ1) is 8.52. The monoisotopic (exact) mass is 269 g/mol. The molecule has 2 nitrogen and oxygen atoms in total. The van der Waals surface area contributed by atoms with E-state index < -0.39 is 0 Å². The number of nitrogens with two attached hydrogens (primary N) is 1. The number of hydrogen-bond donors (Lipinski definition) is 2. The number of aliphatic hydroxyl groups excluding tert-OH is 1. The van der Waals surface area contributed by atoms with Gasteiger partial charge in [0.15, 0.2) is 0 Å². The van der Waals surface area contributed by atoms with Gasteiger partial charge in [0.2, 0.25) is 0 Å². The topological polar surface area (TPSA) is 46.2 Å². The highest BCUT2D eigenvalue weighted by atomic mass is 16.3. The van der Waals surface area contributed by atoms with Crippen LogP contribution in [0, 0.1) is 28.6 Å². The van der Waals surface area contributed by atoms with E-state index in [1.165, 1.54) is 12.8 Å². The quantitative estimate of drug-likeness (QED) is 0.818. The van der Waals surface area contributed by atoms with Gasteiger partial charge in [0.1, 0.15) is 0 Å². The molecule has 1 fully saturated rings. The van der Waals surface area contributed by atoms with Crippen LogP contribution in [-0.4, -0.2) is 17.3 Å². The standard InChI is InChI=1S/C17H35NO/c1-8-9-17(6,7)13-10-12(16(3,4)5)14(18)11(2)15(13)19/h11-15,19H,8-10,18H2,1-7H3/t11-,12+,13-,14-,15+/m0/s1. The minimum Gasteiger partial charge on any atom is -0.392 e. The molecule has 0 aromatic heterocycles. The van der Waals surface area contributed by atoms with Crippen molar-refractivity contribution in [2.45, 2.75) is 79.9 Å². The normalized spacial score (nSPS) is 37.4. The maximum absolute atomic E-state index is 10.7. The first-order valence-electron chi connectivity index (χ1n) is 7.96. The Balaban J connectivity index is 3.00. The molecule has 0 unspecified atom stereocenters. The van der Waals surface area contributed by atoms with Crippen LogP contribution in [-0.2, 0) is 0 Å². The number of aliphatic hydroxyl groups is 1. The molecule has 1 rings (SSSR count). The van der Waals surface area contributed by atoms with Gasteiger partial charge in [0.05, 0.1) is 6.10 Å². The van der Waals surface area contributed by atoms with Crippen LogP contribution in [0.25, 0.3) is 0 Å². The predicted molar refractivity (Wildman–Crippen MR) is 82.9 cm³/mol. The van der Waals surface area contributed by atoms with Crippen molar-refractivity contribution in [1.82, 2.24) is 0 Å². The minimum absolute atomic E-state index is 0.115. The lowest BCUT2D eigenvalue weighted by Gasteiger charge is -2.52. The molecule has 0 heterocycles. The molecule has 19 heavy (non-hydrogen) atoms. The molecular formula is C17H35NO. The molecule has 5 atom stereocenters. The van der Waals surface area contributed by atoms with Gasteiger partial charge in [-0.05, 0) is 41.4 Å². The maximum atomic E-state index is 10.7. The lowest BCUT2D eigenvalue weighted by molar-refractivity contribution is -0.0800. The van der Waals surface area contributed by atoms with Crippen molar-refractivity contribution >= 4 is 0 Å². The summed E-state index contributed by atoms with van der Waals surface area (Å²) in [7, 11) is 0. The summed E-state index contributed by atoms with van der Waals surface area (Å²) in [5, 5.41) is 10.7. The second kappa shape index (κ2) is 5.73. The van der Waals surface area contributed by atoms with Gasteiger partial charge in [-0.15, -0.1) is 0 Å². The minimum atomic E-state index is -0.254. The largest absolute Gasteiger partial charge is 0.392 e. The van der Waals surface area contributed by atoms with Gasteiger partial charge in [-0.2, -0.15) is 0 Å². The SMILES string of the molecule is CCCC(C)(C)[C@H]1C[C@@H](C(C)(C)C)[C@@H](N)[C@H](C)[C@H]1O. The molecule has 1 saturated carbocycles. The molecular weight excluding hydrogens is 234 g/mol. The first kappa shape index (κ1) is 17.0. The van der Waals surface area contributed by atoms with E-state index in [1.54, 1.807) is 0 Å². The maximum Gasteiger partial charge on any atom is 0.0613 e. The Hall–Kier alpha value is -0.0800. The molecule has 0 bridgehead atoms. The van der Waals surface area contributed by atoms with Crippen LogP contribution in [0.1, 0.15) is 67.7 Å². The Morgan fingerprint density at radius 2 is 1.63 bits per heavy atom. The second-order valence-electron chi connectivity index (χ2n) is 8.48. The third kappa shape index (κ3) is 3.52. The predicted octanol–water partition coefficient (Wildman–Crippen LogP) is 3.82. The van der Waals surface area contributed by atoms with Crippen molar-refractivity contribution in [3.63, 3.8) is 0 Å². The van der Waals surface area contributed by atoms with Crippen molar-refractivity contribution in [2.75, 3.05) is 0 Å². The fraction of sp³-hybridized carbons (Fsp3) is 1.00. The fourth-order valence-electron chi connectivity index (χ4n) is 4.07. The zero-order chi connectivity index (χ0) is 15.0. The highest BCUT2D eigenvalue weighted by Crippen LogP contribution is 2.49. The molecule has 0 aliphatic heterocycles. The van der Waals surface area contributed by atoms with Crippen molar-refractivity contribution in [2.24, 2.45) is 34.3 Å². The van der Waals surface area contributed by atoms with Gasteiger partial charge in [-0.3, -0.25) is 0 Å². The van der Waals surface area contributed by atoms with Crippen molar-refractivity contribution in [1.29, 1.82) is 0 Å². The Labute approximate surface area is 120 Å². The summed E-state index contributed by atoms with van der Waals surface area (Å²) in [6.45, 7) is 15.8. The molecule has 0 aromatic rings. The molecule has 114 valence electrons. The van der Waals surface area contributed by atoms with E-state index in [0.717, 1.165) is 6.42 Å². The highest BCUT2D eigenvalue weighted by molar-refractivity contribution is 5.00. The first-order valence-corrected chi connectivity index (χ1v) is 7.96. The van der Waals surface area contributed by atoms with Crippen LogP contribution in [0.15, 0.2) is 0 Å². The molecule has 0 radical (unpaired) electrons. The van der Waals surface area contributed by atoms with Gasteiger partial charge >= 0.3 is 0 Å². The van der Waals surface area contributed by atoms with Crippen LogP contribution >= 0.6 is 0 Å². The summed E-state index contributed by atoms with van der Waals surface area (Å²) in [4.78, 5) is 0. The van der Waals surface area contributed by atoms with Gasteiger partial charge in [-0.1, -0.05) is 54.9 Å². The van der Waals surface area contributed by atoms with Crippen LogP contribution in [0.5, 0.6) is 0 Å². The van der Waals surface area contributed by atoms with E-state index in [2.05, 4.69) is 48.5 Å². The summed E-state index contributed by atoms with van der Waals surface area (Å²) < 4.78 is 0. The number of hydrogen-bond acceptors (Lipinski definition) is 2. The zero-order valence-corrected chi connectivity index (χ0v) is 14.0. The molecule has 0 aromatic carbocycles. The average molecular weight is 269 g/mol. The smallest absolute Gasteiger partial charge is 0.0613 e. The Kier molecular flexibility index (Phi) is 5.12. The van der Waals surface area contributed by atoms with E-state index in [0.29, 0.717) is 11.8 Å². The highest BCUT2D eigenvalue weighted by Gasteiger charge is 2.48.